The van der Waals surface area contributed by atoms with Gasteiger partial charge in [-0.15, -0.1) is 0 Å². The van der Waals surface area contributed by atoms with Crippen LogP contribution in [0.3, 0.4) is 0 Å². The van der Waals surface area contributed by atoms with Crippen LogP contribution < -0.4 is 5.32 Å². The van der Waals surface area contributed by atoms with Gasteiger partial charge in [-0.2, -0.15) is 0 Å². The van der Waals surface area contributed by atoms with Crippen LogP contribution in [0.15, 0.2) is 18.2 Å². The summed E-state index contributed by atoms with van der Waals surface area (Å²) in [6, 6.07) is 3.83. The molecule has 0 saturated heterocycles. The average molecular weight is 255 g/mol. The number of rotatable bonds is 3. The summed E-state index contributed by atoms with van der Waals surface area (Å²) in [6.07, 6.45) is 3.18. The molecule has 0 amide bonds. The van der Waals surface area contributed by atoms with Crippen molar-refractivity contribution in [3.63, 3.8) is 0 Å². The first kappa shape index (κ1) is 13.4. The SMILES string of the molecule is CC(NC1CCC(O)CC1)c1ccc(F)cc1F. The molecule has 100 valence electrons. The fraction of sp³-hybridized carbons (Fsp3) is 0.571. The van der Waals surface area contributed by atoms with Gasteiger partial charge in [-0.3, -0.25) is 0 Å². The van der Waals surface area contributed by atoms with E-state index in [1.807, 2.05) is 6.92 Å². The van der Waals surface area contributed by atoms with Crippen LogP contribution in [0.25, 0.3) is 0 Å². The highest BCUT2D eigenvalue weighted by atomic mass is 19.1. The molecule has 2 nitrogen and oxygen atoms in total. The maximum absolute atomic E-state index is 13.6. The van der Waals surface area contributed by atoms with Crippen LogP contribution in [-0.2, 0) is 0 Å². The van der Waals surface area contributed by atoms with Crippen molar-refractivity contribution in [1.82, 2.24) is 5.32 Å². The molecular formula is C14H19F2NO. The summed E-state index contributed by atoms with van der Waals surface area (Å²) in [5.74, 6) is -1.06. The summed E-state index contributed by atoms with van der Waals surface area (Å²) in [5.41, 5.74) is 0.488. The Morgan fingerprint density at radius 3 is 2.50 bits per heavy atom. The minimum atomic E-state index is -0.552. The third kappa shape index (κ3) is 3.27. The molecular weight excluding hydrogens is 236 g/mol. The lowest BCUT2D eigenvalue weighted by Gasteiger charge is -2.29. The number of hydrogen-bond acceptors (Lipinski definition) is 2. The molecule has 4 heteroatoms. The van der Waals surface area contributed by atoms with E-state index >= 15 is 0 Å². The fourth-order valence-corrected chi connectivity index (χ4v) is 2.54. The fourth-order valence-electron chi connectivity index (χ4n) is 2.54. The summed E-state index contributed by atoms with van der Waals surface area (Å²) in [4.78, 5) is 0. The average Bonchev–Trinajstić information content (AvgIpc) is 2.32. The lowest BCUT2D eigenvalue weighted by atomic mass is 9.92. The van der Waals surface area contributed by atoms with Crippen LogP contribution in [-0.4, -0.2) is 17.3 Å². The Hall–Kier alpha value is -1.00. The molecule has 0 aliphatic heterocycles. The van der Waals surface area contributed by atoms with Gasteiger partial charge in [-0.25, -0.2) is 8.78 Å². The molecule has 2 rings (SSSR count). The highest BCUT2D eigenvalue weighted by molar-refractivity contribution is 5.21. The second-order valence-electron chi connectivity index (χ2n) is 5.06. The number of halogens is 2. The molecule has 0 radical (unpaired) electrons. The predicted molar refractivity (Wildman–Crippen MR) is 66.2 cm³/mol. The van der Waals surface area contributed by atoms with Gasteiger partial charge >= 0.3 is 0 Å². The van der Waals surface area contributed by atoms with E-state index in [0.717, 1.165) is 31.7 Å². The van der Waals surface area contributed by atoms with Crippen LogP contribution >= 0.6 is 0 Å². The van der Waals surface area contributed by atoms with Crippen molar-refractivity contribution in [3.8, 4) is 0 Å². The molecule has 1 aromatic carbocycles. The number of aliphatic hydroxyl groups excluding tert-OH is 1. The highest BCUT2D eigenvalue weighted by Crippen LogP contribution is 2.23. The Labute approximate surface area is 106 Å². The smallest absolute Gasteiger partial charge is 0.130 e. The number of aliphatic hydroxyl groups is 1. The summed E-state index contributed by atoms with van der Waals surface area (Å²) < 4.78 is 26.4. The maximum atomic E-state index is 13.6. The van der Waals surface area contributed by atoms with Crippen molar-refractivity contribution in [2.24, 2.45) is 0 Å². The highest BCUT2D eigenvalue weighted by Gasteiger charge is 2.22. The van der Waals surface area contributed by atoms with Crippen molar-refractivity contribution in [2.45, 2.75) is 50.8 Å². The molecule has 0 bridgehead atoms. The molecule has 0 heterocycles. The lowest BCUT2D eigenvalue weighted by molar-refractivity contribution is 0.114. The molecule has 1 aromatic rings. The Balaban J connectivity index is 1.97. The van der Waals surface area contributed by atoms with Crippen molar-refractivity contribution in [1.29, 1.82) is 0 Å². The monoisotopic (exact) mass is 255 g/mol. The number of benzene rings is 1. The van der Waals surface area contributed by atoms with E-state index in [-0.39, 0.29) is 12.1 Å². The van der Waals surface area contributed by atoms with Crippen molar-refractivity contribution in [3.05, 3.63) is 35.4 Å². The minimum absolute atomic E-state index is 0.147. The molecule has 1 saturated carbocycles. The first-order valence-corrected chi connectivity index (χ1v) is 6.45. The minimum Gasteiger partial charge on any atom is -0.393 e. The maximum Gasteiger partial charge on any atom is 0.130 e. The van der Waals surface area contributed by atoms with Gasteiger partial charge in [0, 0.05) is 23.7 Å². The third-order valence-electron chi connectivity index (χ3n) is 3.61. The Morgan fingerprint density at radius 2 is 1.89 bits per heavy atom. The van der Waals surface area contributed by atoms with E-state index in [0.29, 0.717) is 11.6 Å². The van der Waals surface area contributed by atoms with E-state index in [1.165, 1.54) is 12.1 Å². The van der Waals surface area contributed by atoms with E-state index in [9.17, 15) is 13.9 Å². The zero-order valence-corrected chi connectivity index (χ0v) is 10.5. The van der Waals surface area contributed by atoms with Gasteiger partial charge in [0.15, 0.2) is 0 Å². The second kappa shape index (κ2) is 5.76. The van der Waals surface area contributed by atoms with E-state index in [4.69, 9.17) is 0 Å². The zero-order valence-electron chi connectivity index (χ0n) is 10.5. The normalized spacial score (nSPS) is 26.0. The van der Waals surface area contributed by atoms with Gasteiger partial charge in [0.25, 0.3) is 0 Å². The Morgan fingerprint density at radius 1 is 1.22 bits per heavy atom. The molecule has 18 heavy (non-hydrogen) atoms. The topological polar surface area (TPSA) is 32.3 Å². The van der Waals surface area contributed by atoms with Gasteiger partial charge in [-0.1, -0.05) is 6.07 Å². The molecule has 1 unspecified atom stereocenters. The van der Waals surface area contributed by atoms with Crippen molar-refractivity contribution >= 4 is 0 Å². The van der Waals surface area contributed by atoms with Crippen LogP contribution in [0.5, 0.6) is 0 Å². The van der Waals surface area contributed by atoms with Gasteiger partial charge in [0.1, 0.15) is 11.6 Å². The third-order valence-corrected chi connectivity index (χ3v) is 3.61. The molecule has 2 N–H and O–H groups in total. The summed E-state index contributed by atoms with van der Waals surface area (Å²) >= 11 is 0. The largest absolute Gasteiger partial charge is 0.393 e. The molecule has 1 aliphatic carbocycles. The standard InChI is InChI=1S/C14H19F2NO/c1-9(13-7-2-10(15)8-14(13)16)17-11-3-5-12(18)6-4-11/h2,7-9,11-12,17-18H,3-6H2,1H3. The van der Waals surface area contributed by atoms with Gasteiger partial charge in [0.05, 0.1) is 6.10 Å². The summed E-state index contributed by atoms with van der Waals surface area (Å²) in [5, 5.41) is 12.8. The lowest BCUT2D eigenvalue weighted by Crippen LogP contribution is -2.36. The molecule has 0 spiro atoms. The quantitative estimate of drug-likeness (QED) is 0.870. The number of hydrogen-bond donors (Lipinski definition) is 2. The Kier molecular flexibility index (Phi) is 4.30. The first-order chi connectivity index (χ1) is 8.56. The summed E-state index contributed by atoms with van der Waals surface area (Å²) in [6.45, 7) is 1.88. The molecule has 1 fully saturated rings. The summed E-state index contributed by atoms with van der Waals surface area (Å²) in [7, 11) is 0. The zero-order chi connectivity index (χ0) is 13.1. The predicted octanol–water partition coefficient (Wildman–Crippen LogP) is 2.92. The van der Waals surface area contributed by atoms with Crippen LogP contribution in [0.1, 0.15) is 44.2 Å². The van der Waals surface area contributed by atoms with Crippen LogP contribution in [0, 0.1) is 11.6 Å². The first-order valence-electron chi connectivity index (χ1n) is 6.45. The van der Waals surface area contributed by atoms with Crippen molar-refractivity contribution < 1.29 is 13.9 Å². The molecule has 0 aromatic heterocycles. The van der Waals surface area contributed by atoms with Crippen molar-refractivity contribution in [2.75, 3.05) is 0 Å². The van der Waals surface area contributed by atoms with E-state index < -0.39 is 11.6 Å². The number of nitrogens with one attached hydrogen (secondary N) is 1. The van der Waals surface area contributed by atoms with Gasteiger partial charge < -0.3 is 10.4 Å². The van der Waals surface area contributed by atoms with Gasteiger partial charge in [-0.05, 0) is 38.7 Å². The van der Waals surface area contributed by atoms with Gasteiger partial charge in [0.2, 0.25) is 0 Å². The van der Waals surface area contributed by atoms with E-state index in [2.05, 4.69) is 5.32 Å². The molecule has 1 aliphatic rings. The Bertz CT molecular complexity index is 403. The van der Waals surface area contributed by atoms with Crippen LogP contribution in [0.2, 0.25) is 0 Å². The second-order valence-corrected chi connectivity index (χ2v) is 5.06. The van der Waals surface area contributed by atoms with Crippen LogP contribution in [0.4, 0.5) is 8.78 Å². The van der Waals surface area contributed by atoms with E-state index in [1.54, 1.807) is 0 Å². The molecule has 1 atom stereocenters.